The molecule has 2 aromatic rings. The lowest BCUT2D eigenvalue weighted by Crippen LogP contribution is -3.13. The Balaban J connectivity index is 1.24. The second kappa shape index (κ2) is 9.02. The number of rotatable bonds is 6. The van der Waals surface area contributed by atoms with Crippen LogP contribution in [0.5, 0.6) is 0 Å². The van der Waals surface area contributed by atoms with Gasteiger partial charge in [-0.25, -0.2) is 0 Å². The predicted molar refractivity (Wildman–Crippen MR) is 118 cm³/mol. The molecule has 0 saturated carbocycles. The van der Waals surface area contributed by atoms with Gasteiger partial charge in [0.2, 0.25) is 5.91 Å². The highest BCUT2D eigenvalue weighted by Crippen LogP contribution is 2.22. The molecule has 1 N–H and O–H groups in total. The van der Waals surface area contributed by atoms with Gasteiger partial charge in [-0.3, -0.25) is 19.3 Å². The standard InChI is InChI=1S/C25H29N3O3/c1-18(2)20-9-7-19(8-10-20)17-26-13-15-27(16-14-26)23(29)11-12-28-24(30)21-5-3-4-6-22(21)25(28)31/h3-10,18H,11-17H2,1-2H3/p+1. The van der Waals surface area contributed by atoms with E-state index in [-0.39, 0.29) is 30.7 Å². The zero-order valence-corrected chi connectivity index (χ0v) is 18.3. The summed E-state index contributed by atoms with van der Waals surface area (Å²) in [5, 5.41) is 0. The lowest BCUT2D eigenvalue weighted by molar-refractivity contribution is -0.917. The number of carbonyl (C=O) groups excluding carboxylic acids is 3. The minimum atomic E-state index is -0.300. The number of nitrogens with one attached hydrogen (secondary N) is 1. The fourth-order valence-electron chi connectivity index (χ4n) is 4.37. The summed E-state index contributed by atoms with van der Waals surface area (Å²) in [5.41, 5.74) is 3.54. The number of amides is 3. The Morgan fingerprint density at radius 3 is 2.06 bits per heavy atom. The van der Waals surface area contributed by atoms with Crippen molar-refractivity contribution >= 4 is 17.7 Å². The summed E-state index contributed by atoms with van der Waals surface area (Å²) >= 11 is 0. The lowest BCUT2D eigenvalue weighted by Gasteiger charge is -2.32. The van der Waals surface area contributed by atoms with E-state index in [9.17, 15) is 14.4 Å². The maximum Gasteiger partial charge on any atom is 0.261 e. The molecule has 1 fully saturated rings. The van der Waals surface area contributed by atoms with Crippen LogP contribution in [-0.4, -0.2) is 60.2 Å². The smallest absolute Gasteiger partial charge is 0.261 e. The summed E-state index contributed by atoms with van der Waals surface area (Å²) in [6, 6.07) is 15.7. The normalized spacial score (nSPS) is 16.9. The van der Waals surface area contributed by atoms with Gasteiger partial charge in [0.1, 0.15) is 6.54 Å². The van der Waals surface area contributed by atoms with E-state index in [2.05, 4.69) is 38.1 Å². The minimum Gasteiger partial charge on any atom is -0.331 e. The van der Waals surface area contributed by atoms with Crippen LogP contribution >= 0.6 is 0 Å². The molecule has 0 aliphatic carbocycles. The van der Waals surface area contributed by atoms with Gasteiger partial charge in [-0.2, -0.15) is 0 Å². The molecule has 0 spiro atoms. The molecule has 0 radical (unpaired) electrons. The van der Waals surface area contributed by atoms with Gasteiger partial charge >= 0.3 is 0 Å². The van der Waals surface area contributed by atoms with Crippen molar-refractivity contribution in [1.82, 2.24) is 9.80 Å². The van der Waals surface area contributed by atoms with Crippen molar-refractivity contribution in [3.8, 4) is 0 Å². The Morgan fingerprint density at radius 2 is 1.52 bits per heavy atom. The Bertz CT molecular complexity index is 941. The van der Waals surface area contributed by atoms with Gasteiger partial charge in [-0.05, 0) is 23.6 Å². The number of carbonyl (C=O) groups is 3. The van der Waals surface area contributed by atoms with Gasteiger partial charge in [0.25, 0.3) is 11.8 Å². The molecular weight excluding hydrogens is 390 g/mol. The van der Waals surface area contributed by atoms with Crippen LogP contribution in [0.2, 0.25) is 0 Å². The van der Waals surface area contributed by atoms with Gasteiger partial charge in [0.05, 0.1) is 37.3 Å². The van der Waals surface area contributed by atoms with Crippen LogP contribution < -0.4 is 4.90 Å². The third kappa shape index (κ3) is 4.54. The summed E-state index contributed by atoms with van der Waals surface area (Å²) in [6.45, 7) is 8.74. The Hall–Kier alpha value is -2.99. The van der Waals surface area contributed by atoms with E-state index < -0.39 is 0 Å². The molecule has 2 heterocycles. The number of quaternary nitrogens is 1. The van der Waals surface area contributed by atoms with Gasteiger partial charge in [0.15, 0.2) is 0 Å². The topological polar surface area (TPSA) is 62.1 Å². The van der Waals surface area contributed by atoms with E-state index in [1.807, 2.05) is 4.90 Å². The number of hydrogen-bond donors (Lipinski definition) is 1. The largest absolute Gasteiger partial charge is 0.331 e. The van der Waals surface area contributed by atoms with Crippen molar-refractivity contribution in [3.63, 3.8) is 0 Å². The van der Waals surface area contributed by atoms with Crippen molar-refractivity contribution in [1.29, 1.82) is 0 Å². The molecule has 0 unspecified atom stereocenters. The highest BCUT2D eigenvalue weighted by Gasteiger charge is 2.35. The maximum atomic E-state index is 12.7. The van der Waals surface area contributed by atoms with Gasteiger partial charge in [-0.1, -0.05) is 50.2 Å². The van der Waals surface area contributed by atoms with Gasteiger partial charge < -0.3 is 9.80 Å². The highest BCUT2D eigenvalue weighted by molar-refractivity contribution is 6.21. The average molecular weight is 421 g/mol. The Morgan fingerprint density at radius 1 is 0.935 bits per heavy atom. The predicted octanol–water partition coefficient (Wildman–Crippen LogP) is 1.72. The first-order chi connectivity index (χ1) is 14.9. The number of fused-ring (bicyclic) bond motifs is 1. The first-order valence-electron chi connectivity index (χ1n) is 11.1. The SMILES string of the molecule is CC(C)c1ccc(C[NH+]2CCN(C(=O)CCN3C(=O)c4ccccc4C3=O)CC2)cc1. The van der Waals surface area contributed by atoms with E-state index in [1.165, 1.54) is 20.9 Å². The van der Waals surface area contributed by atoms with Crippen LogP contribution in [-0.2, 0) is 11.3 Å². The maximum absolute atomic E-state index is 12.7. The number of nitrogens with zero attached hydrogens (tertiary/aromatic N) is 2. The summed E-state index contributed by atoms with van der Waals surface area (Å²) in [7, 11) is 0. The fraction of sp³-hybridized carbons (Fsp3) is 0.400. The molecule has 162 valence electrons. The molecule has 0 aromatic heterocycles. The van der Waals surface area contributed by atoms with Crippen LogP contribution in [0, 0.1) is 0 Å². The molecule has 6 heteroatoms. The van der Waals surface area contributed by atoms with E-state index in [0.717, 1.165) is 19.6 Å². The molecule has 31 heavy (non-hydrogen) atoms. The summed E-state index contributed by atoms with van der Waals surface area (Å²) in [5.74, 6) is -0.0505. The van der Waals surface area contributed by atoms with E-state index in [1.54, 1.807) is 24.3 Å². The molecular formula is C25H30N3O3+. The number of piperazine rings is 1. The molecule has 0 bridgehead atoms. The molecule has 3 amide bonds. The second-order valence-corrected chi connectivity index (χ2v) is 8.76. The quantitative estimate of drug-likeness (QED) is 0.724. The molecule has 6 nitrogen and oxygen atoms in total. The van der Waals surface area contributed by atoms with E-state index in [4.69, 9.17) is 0 Å². The molecule has 2 aliphatic heterocycles. The van der Waals surface area contributed by atoms with Crippen molar-refractivity contribution in [2.45, 2.75) is 32.7 Å². The summed E-state index contributed by atoms with van der Waals surface area (Å²) in [4.78, 5) is 42.1. The number of imide groups is 1. The first kappa shape index (κ1) is 21.2. The number of hydrogen-bond acceptors (Lipinski definition) is 3. The third-order valence-electron chi connectivity index (χ3n) is 6.35. The zero-order valence-electron chi connectivity index (χ0n) is 18.3. The van der Waals surface area contributed by atoms with Crippen LogP contribution in [0.25, 0.3) is 0 Å². The number of benzene rings is 2. The summed E-state index contributed by atoms with van der Waals surface area (Å²) < 4.78 is 0. The summed E-state index contributed by atoms with van der Waals surface area (Å²) in [6.07, 6.45) is 0.178. The van der Waals surface area contributed by atoms with E-state index in [0.29, 0.717) is 30.1 Å². The minimum absolute atomic E-state index is 0.0110. The molecule has 2 aliphatic rings. The highest BCUT2D eigenvalue weighted by atomic mass is 16.2. The monoisotopic (exact) mass is 420 g/mol. The van der Waals surface area contributed by atoms with Crippen LogP contribution in [0.1, 0.15) is 58.0 Å². The zero-order chi connectivity index (χ0) is 22.0. The average Bonchev–Trinajstić information content (AvgIpc) is 3.03. The van der Waals surface area contributed by atoms with Crippen molar-refractivity contribution < 1.29 is 19.3 Å². The van der Waals surface area contributed by atoms with Crippen molar-refractivity contribution in [2.24, 2.45) is 0 Å². The Kier molecular flexibility index (Phi) is 6.18. The van der Waals surface area contributed by atoms with Gasteiger partial charge in [-0.15, -0.1) is 0 Å². The Labute approximate surface area is 183 Å². The van der Waals surface area contributed by atoms with Crippen molar-refractivity contribution in [2.75, 3.05) is 32.7 Å². The van der Waals surface area contributed by atoms with Crippen LogP contribution in [0.15, 0.2) is 48.5 Å². The lowest BCUT2D eigenvalue weighted by atomic mass is 10.0. The fourth-order valence-corrected chi connectivity index (χ4v) is 4.37. The third-order valence-corrected chi connectivity index (χ3v) is 6.35. The molecule has 4 rings (SSSR count). The van der Waals surface area contributed by atoms with E-state index >= 15 is 0 Å². The molecule has 0 atom stereocenters. The first-order valence-corrected chi connectivity index (χ1v) is 11.1. The van der Waals surface area contributed by atoms with Crippen molar-refractivity contribution in [3.05, 3.63) is 70.8 Å². The van der Waals surface area contributed by atoms with Gasteiger partial charge in [0, 0.05) is 18.5 Å². The molecule has 1 saturated heterocycles. The van der Waals surface area contributed by atoms with Crippen LogP contribution in [0.4, 0.5) is 0 Å². The van der Waals surface area contributed by atoms with Crippen LogP contribution in [0.3, 0.4) is 0 Å². The molecule has 2 aromatic carbocycles. The second-order valence-electron chi connectivity index (χ2n) is 8.76.